The summed E-state index contributed by atoms with van der Waals surface area (Å²) in [5, 5.41) is 12.5. The van der Waals surface area contributed by atoms with Crippen LogP contribution in [0.2, 0.25) is 0 Å². The van der Waals surface area contributed by atoms with Crippen LogP contribution in [0.25, 0.3) is 98.4 Å². The third-order valence-electron chi connectivity index (χ3n) is 11.4. The van der Waals surface area contributed by atoms with Crippen LogP contribution in [0.4, 0.5) is 0 Å². The molecule has 1 aliphatic rings. The Morgan fingerprint density at radius 2 is 0.940 bits per heavy atom. The second kappa shape index (κ2) is 9.94. The number of para-hydroxylation sites is 1. The molecule has 0 atom stereocenters. The fraction of sp³-hybridized carbons (Fsp3) is 0.0612. The SMILES string of the molecule is CC1(C)c2cc(-c3c4ccccc4c(-c4ccc5ccccc5c4)c4ccccc34)ccc2-c2c1ccc1cc3oc4ccccc4c3cc21. The van der Waals surface area contributed by atoms with Crippen LogP contribution >= 0.6 is 0 Å². The molecule has 0 spiro atoms. The molecule has 0 radical (unpaired) electrons. The summed E-state index contributed by atoms with van der Waals surface area (Å²) in [6.07, 6.45) is 0. The van der Waals surface area contributed by atoms with E-state index in [9.17, 15) is 0 Å². The summed E-state index contributed by atoms with van der Waals surface area (Å²) in [6.45, 7) is 4.77. The zero-order valence-corrected chi connectivity index (χ0v) is 27.9. The Bertz CT molecular complexity index is 3010. The molecule has 0 unspecified atom stereocenters. The molecule has 0 N–H and O–H groups in total. The van der Waals surface area contributed by atoms with E-state index in [4.69, 9.17) is 4.42 Å². The maximum Gasteiger partial charge on any atom is 0.136 e. The van der Waals surface area contributed by atoms with Crippen LogP contribution < -0.4 is 0 Å². The van der Waals surface area contributed by atoms with Gasteiger partial charge in [-0.05, 0) is 118 Å². The Morgan fingerprint density at radius 3 is 1.66 bits per heavy atom. The predicted octanol–water partition coefficient (Wildman–Crippen LogP) is 13.8. The zero-order valence-electron chi connectivity index (χ0n) is 27.9. The summed E-state index contributed by atoms with van der Waals surface area (Å²) < 4.78 is 6.28. The van der Waals surface area contributed by atoms with Crippen LogP contribution in [0.1, 0.15) is 25.0 Å². The molecule has 50 heavy (non-hydrogen) atoms. The maximum atomic E-state index is 6.28. The van der Waals surface area contributed by atoms with Gasteiger partial charge in [0.25, 0.3) is 0 Å². The predicted molar refractivity (Wildman–Crippen MR) is 212 cm³/mol. The minimum Gasteiger partial charge on any atom is -0.456 e. The van der Waals surface area contributed by atoms with Gasteiger partial charge in [-0.25, -0.2) is 0 Å². The smallest absolute Gasteiger partial charge is 0.136 e. The highest BCUT2D eigenvalue weighted by atomic mass is 16.3. The van der Waals surface area contributed by atoms with Gasteiger partial charge in [0.2, 0.25) is 0 Å². The fourth-order valence-corrected chi connectivity index (χ4v) is 9.03. The number of furan rings is 1. The molecule has 0 saturated carbocycles. The van der Waals surface area contributed by atoms with Crippen molar-refractivity contribution in [3.63, 3.8) is 0 Å². The van der Waals surface area contributed by atoms with Crippen molar-refractivity contribution in [2.45, 2.75) is 19.3 Å². The van der Waals surface area contributed by atoms with Crippen molar-refractivity contribution < 1.29 is 4.42 Å². The van der Waals surface area contributed by atoms with Gasteiger partial charge in [0, 0.05) is 16.2 Å². The number of hydrogen-bond acceptors (Lipinski definition) is 1. The zero-order chi connectivity index (χ0) is 33.1. The Hall–Kier alpha value is -6.18. The van der Waals surface area contributed by atoms with E-state index in [1.165, 1.54) is 98.4 Å². The Morgan fingerprint density at radius 1 is 0.360 bits per heavy atom. The first kappa shape index (κ1) is 27.7. The largest absolute Gasteiger partial charge is 0.456 e. The van der Waals surface area contributed by atoms with Gasteiger partial charge in [-0.15, -0.1) is 0 Å². The number of fused-ring (bicyclic) bond motifs is 11. The van der Waals surface area contributed by atoms with Crippen LogP contribution in [0.3, 0.4) is 0 Å². The summed E-state index contributed by atoms with van der Waals surface area (Å²) in [4.78, 5) is 0. The average molecular weight is 637 g/mol. The molecule has 1 nitrogen and oxygen atoms in total. The molecular formula is C49H32O. The van der Waals surface area contributed by atoms with Gasteiger partial charge in [0.05, 0.1) is 0 Å². The van der Waals surface area contributed by atoms with Crippen LogP contribution in [0.5, 0.6) is 0 Å². The van der Waals surface area contributed by atoms with Gasteiger partial charge >= 0.3 is 0 Å². The van der Waals surface area contributed by atoms with Gasteiger partial charge in [0.1, 0.15) is 11.2 Å². The lowest BCUT2D eigenvalue weighted by molar-refractivity contribution is 0.661. The summed E-state index contributed by atoms with van der Waals surface area (Å²) in [5.74, 6) is 0. The van der Waals surface area contributed by atoms with E-state index in [1.807, 2.05) is 6.07 Å². The normalized spacial score (nSPS) is 13.6. The quantitative estimate of drug-likeness (QED) is 0.172. The van der Waals surface area contributed by atoms with Crippen molar-refractivity contribution in [1.82, 2.24) is 0 Å². The van der Waals surface area contributed by atoms with Gasteiger partial charge in [-0.2, -0.15) is 0 Å². The molecule has 0 amide bonds. The van der Waals surface area contributed by atoms with E-state index in [0.29, 0.717) is 0 Å². The summed E-state index contributed by atoms with van der Waals surface area (Å²) in [5.41, 5.74) is 12.3. The van der Waals surface area contributed by atoms with E-state index in [-0.39, 0.29) is 5.41 Å². The Labute approximate surface area is 290 Å². The summed E-state index contributed by atoms with van der Waals surface area (Å²) in [7, 11) is 0. The van der Waals surface area contributed by atoms with Crippen LogP contribution in [-0.4, -0.2) is 0 Å². The second-order valence-corrected chi connectivity index (χ2v) is 14.4. The summed E-state index contributed by atoms with van der Waals surface area (Å²) >= 11 is 0. The fourth-order valence-electron chi connectivity index (χ4n) is 9.03. The molecular weight excluding hydrogens is 605 g/mol. The monoisotopic (exact) mass is 636 g/mol. The van der Waals surface area contributed by atoms with Crippen LogP contribution in [-0.2, 0) is 5.41 Å². The molecule has 9 aromatic carbocycles. The highest BCUT2D eigenvalue weighted by Gasteiger charge is 2.37. The lowest BCUT2D eigenvalue weighted by atomic mass is 9.80. The maximum absolute atomic E-state index is 6.28. The Balaban J connectivity index is 1.16. The number of benzene rings is 9. The van der Waals surface area contributed by atoms with Gasteiger partial charge in [0.15, 0.2) is 0 Å². The lowest BCUT2D eigenvalue weighted by Gasteiger charge is -2.23. The van der Waals surface area contributed by atoms with E-state index in [2.05, 4.69) is 166 Å². The molecule has 0 bridgehead atoms. The van der Waals surface area contributed by atoms with Crippen molar-refractivity contribution in [1.29, 1.82) is 0 Å². The third kappa shape index (κ3) is 3.72. The molecule has 10 aromatic rings. The van der Waals surface area contributed by atoms with E-state index < -0.39 is 0 Å². The van der Waals surface area contributed by atoms with Crippen molar-refractivity contribution in [3.8, 4) is 33.4 Å². The molecule has 1 heteroatoms. The highest BCUT2D eigenvalue weighted by molar-refractivity contribution is 6.22. The van der Waals surface area contributed by atoms with Crippen molar-refractivity contribution >= 4 is 65.0 Å². The topological polar surface area (TPSA) is 13.1 Å². The molecule has 234 valence electrons. The van der Waals surface area contributed by atoms with Crippen molar-refractivity contribution in [2.75, 3.05) is 0 Å². The molecule has 1 aromatic heterocycles. The minimum absolute atomic E-state index is 0.154. The second-order valence-electron chi connectivity index (χ2n) is 14.4. The first-order chi connectivity index (χ1) is 24.5. The first-order valence-electron chi connectivity index (χ1n) is 17.5. The molecule has 1 heterocycles. The van der Waals surface area contributed by atoms with E-state index in [0.717, 1.165) is 11.2 Å². The van der Waals surface area contributed by atoms with Crippen LogP contribution in [0, 0.1) is 0 Å². The van der Waals surface area contributed by atoms with E-state index in [1.54, 1.807) is 0 Å². The lowest BCUT2D eigenvalue weighted by Crippen LogP contribution is -2.15. The van der Waals surface area contributed by atoms with Gasteiger partial charge in [-0.3, -0.25) is 0 Å². The van der Waals surface area contributed by atoms with Gasteiger partial charge < -0.3 is 4.42 Å². The van der Waals surface area contributed by atoms with Gasteiger partial charge in [-0.1, -0.05) is 141 Å². The highest BCUT2D eigenvalue weighted by Crippen LogP contribution is 2.54. The van der Waals surface area contributed by atoms with E-state index >= 15 is 0 Å². The first-order valence-corrected chi connectivity index (χ1v) is 17.5. The third-order valence-corrected chi connectivity index (χ3v) is 11.4. The molecule has 0 saturated heterocycles. The molecule has 0 aliphatic heterocycles. The molecule has 1 aliphatic carbocycles. The van der Waals surface area contributed by atoms with Crippen molar-refractivity contribution in [3.05, 3.63) is 169 Å². The van der Waals surface area contributed by atoms with Crippen LogP contribution in [0.15, 0.2) is 162 Å². The molecule has 11 rings (SSSR count). The summed E-state index contributed by atoms with van der Waals surface area (Å²) in [6, 6.07) is 58.3. The standard InChI is InChI=1S/C49H32O/c1-49(2)42-24-22-31-27-45-41(34-13-9-10-18-44(34)50-45)28-40(31)48(42)39-23-21-33(26-43(39)49)47-37-16-7-5-14-35(37)46(36-15-6-8-17-38(36)47)32-20-19-29-11-3-4-12-30(29)25-32/h3-28H,1-2H3. The average Bonchev–Trinajstić information content (AvgIpc) is 3.63. The molecule has 0 fully saturated rings. The Kier molecular flexibility index (Phi) is 5.51. The number of rotatable bonds is 2. The van der Waals surface area contributed by atoms with Crippen molar-refractivity contribution in [2.24, 2.45) is 0 Å². The number of hydrogen-bond donors (Lipinski definition) is 0. The minimum atomic E-state index is -0.154.